The Kier molecular flexibility index (Phi) is 3.06. The molecule has 0 aromatic heterocycles. The van der Waals surface area contributed by atoms with Crippen molar-refractivity contribution in [3.8, 4) is 5.75 Å². The van der Waals surface area contributed by atoms with Crippen molar-refractivity contribution in [1.29, 1.82) is 0 Å². The van der Waals surface area contributed by atoms with Crippen LogP contribution < -0.4 is 5.32 Å². The van der Waals surface area contributed by atoms with Crippen LogP contribution in [0.3, 0.4) is 0 Å². The molecule has 0 saturated carbocycles. The first kappa shape index (κ1) is 10.9. The van der Waals surface area contributed by atoms with Crippen LogP contribution in [0.15, 0.2) is 24.3 Å². The number of halogens is 2. The van der Waals surface area contributed by atoms with E-state index in [1.54, 1.807) is 0 Å². The van der Waals surface area contributed by atoms with Gasteiger partial charge in [0.15, 0.2) is 0 Å². The predicted molar refractivity (Wildman–Crippen MR) is 50.5 cm³/mol. The summed E-state index contributed by atoms with van der Waals surface area (Å²) in [5, 5.41) is 11.6. The van der Waals surface area contributed by atoms with Crippen LogP contribution in [0.25, 0.3) is 0 Å². The Balaban J connectivity index is 3.03. The molecule has 0 aliphatic rings. The van der Waals surface area contributed by atoms with Crippen molar-refractivity contribution in [2.45, 2.75) is 18.9 Å². The third kappa shape index (κ3) is 2.01. The number of benzene rings is 1. The quantitative estimate of drug-likeness (QED) is 0.784. The Morgan fingerprint density at radius 1 is 1.43 bits per heavy atom. The van der Waals surface area contributed by atoms with Gasteiger partial charge in [0.25, 0.3) is 5.92 Å². The molecule has 0 radical (unpaired) electrons. The van der Waals surface area contributed by atoms with E-state index < -0.39 is 12.0 Å². The van der Waals surface area contributed by atoms with E-state index in [0.29, 0.717) is 0 Å². The van der Waals surface area contributed by atoms with Gasteiger partial charge in [-0.2, -0.15) is 8.78 Å². The van der Waals surface area contributed by atoms with Crippen LogP contribution >= 0.6 is 0 Å². The summed E-state index contributed by atoms with van der Waals surface area (Å²) in [5.41, 5.74) is -0.181. The van der Waals surface area contributed by atoms with Crippen LogP contribution in [0.2, 0.25) is 0 Å². The standard InChI is InChI=1S/C10H13F2NO/c1-7(13-2)10(11,12)8-4-3-5-9(14)6-8/h3-7,13-14H,1-2H3. The molecule has 0 amide bonds. The van der Waals surface area contributed by atoms with E-state index in [9.17, 15) is 8.78 Å². The van der Waals surface area contributed by atoms with Crippen LogP contribution in [-0.2, 0) is 5.92 Å². The summed E-state index contributed by atoms with van der Waals surface area (Å²) in [6, 6.07) is 4.18. The highest BCUT2D eigenvalue weighted by molar-refractivity contribution is 5.30. The summed E-state index contributed by atoms with van der Waals surface area (Å²) >= 11 is 0. The molecule has 1 unspecified atom stereocenters. The fourth-order valence-electron chi connectivity index (χ4n) is 1.14. The Bertz CT molecular complexity index is 315. The lowest BCUT2D eigenvalue weighted by molar-refractivity contribution is -0.0355. The van der Waals surface area contributed by atoms with Gasteiger partial charge >= 0.3 is 0 Å². The zero-order valence-electron chi connectivity index (χ0n) is 8.09. The first-order valence-corrected chi connectivity index (χ1v) is 4.33. The Labute approximate surface area is 81.6 Å². The van der Waals surface area contributed by atoms with Crippen molar-refractivity contribution in [1.82, 2.24) is 5.32 Å². The molecular formula is C10H13F2NO. The van der Waals surface area contributed by atoms with Crippen LogP contribution in [0.1, 0.15) is 12.5 Å². The molecule has 2 nitrogen and oxygen atoms in total. The molecule has 0 bridgehead atoms. The number of hydrogen-bond donors (Lipinski definition) is 2. The summed E-state index contributed by atoms with van der Waals surface area (Å²) < 4.78 is 27.1. The largest absolute Gasteiger partial charge is 0.508 e. The maximum Gasteiger partial charge on any atom is 0.288 e. The molecule has 0 spiro atoms. The summed E-state index contributed by atoms with van der Waals surface area (Å²) in [7, 11) is 1.47. The number of likely N-dealkylation sites (N-methyl/N-ethyl adjacent to an activating group) is 1. The summed E-state index contributed by atoms with van der Waals surface area (Å²) in [4.78, 5) is 0. The topological polar surface area (TPSA) is 32.3 Å². The second kappa shape index (κ2) is 3.92. The van der Waals surface area contributed by atoms with Crippen molar-refractivity contribution in [3.63, 3.8) is 0 Å². The molecule has 1 rings (SSSR count). The number of aromatic hydroxyl groups is 1. The van der Waals surface area contributed by atoms with Crippen LogP contribution in [0.5, 0.6) is 5.75 Å². The van der Waals surface area contributed by atoms with Crippen molar-refractivity contribution >= 4 is 0 Å². The van der Waals surface area contributed by atoms with E-state index in [2.05, 4.69) is 5.32 Å². The molecule has 1 atom stereocenters. The molecule has 0 aliphatic carbocycles. The zero-order valence-corrected chi connectivity index (χ0v) is 8.09. The third-order valence-electron chi connectivity index (χ3n) is 2.21. The third-order valence-corrected chi connectivity index (χ3v) is 2.21. The lowest BCUT2D eigenvalue weighted by Gasteiger charge is -2.23. The molecule has 2 N–H and O–H groups in total. The highest BCUT2D eigenvalue weighted by Gasteiger charge is 2.37. The summed E-state index contributed by atoms with van der Waals surface area (Å²) in [6.07, 6.45) is 0. The summed E-state index contributed by atoms with van der Waals surface area (Å²) in [6.45, 7) is 1.39. The van der Waals surface area contributed by atoms with Gasteiger partial charge in [0, 0.05) is 5.56 Å². The van der Waals surface area contributed by atoms with Gasteiger partial charge in [-0.15, -0.1) is 0 Å². The zero-order chi connectivity index (χ0) is 10.8. The molecule has 14 heavy (non-hydrogen) atoms. The van der Waals surface area contributed by atoms with E-state index in [1.165, 1.54) is 32.2 Å². The number of phenolic OH excluding ortho intramolecular Hbond substituents is 1. The van der Waals surface area contributed by atoms with E-state index in [1.807, 2.05) is 0 Å². The van der Waals surface area contributed by atoms with Gasteiger partial charge in [-0.25, -0.2) is 0 Å². The number of phenols is 1. The Morgan fingerprint density at radius 2 is 2.07 bits per heavy atom. The van der Waals surface area contributed by atoms with Gasteiger partial charge in [-0.1, -0.05) is 12.1 Å². The van der Waals surface area contributed by atoms with Gasteiger partial charge < -0.3 is 10.4 Å². The Morgan fingerprint density at radius 3 is 2.57 bits per heavy atom. The molecule has 0 saturated heterocycles. The molecule has 0 fully saturated rings. The van der Waals surface area contributed by atoms with E-state index >= 15 is 0 Å². The monoisotopic (exact) mass is 201 g/mol. The molecule has 1 aromatic carbocycles. The summed E-state index contributed by atoms with van der Waals surface area (Å²) in [5.74, 6) is -3.13. The maximum absolute atomic E-state index is 13.6. The molecule has 4 heteroatoms. The fourth-order valence-corrected chi connectivity index (χ4v) is 1.14. The lowest BCUT2D eigenvalue weighted by Crippen LogP contribution is -2.38. The minimum Gasteiger partial charge on any atom is -0.508 e. The van der Waals surface area contributed by atoms with Crippen molar-refractivity contribution in [2.75, 3.05) is 7.05 Å². The molecule has 78 valence electrons. The van der Waals surface area contributed by atoms with Crippen molar-refractivity contribution in [3.05, 3.63) is 29.8 Å². The molecule has 0 heterocycles. The number of nitrogens with one attached hydrogen (secondary N) is 1. The molecule has 1 aromatic rings. The highest BCUT2D eigenvalue weighted by atomic mass is 19.3. The van der Waals surface area contributed by atoms with Gasteiger partial charge in [-0.05, 0) is 26.1 Å². The average Bonchev–Trinajstić information content (AvgIpc) is 2.16. The smallest absolute Gasteiger partial charge is 0.288 e. The maximum atomic E-state index is 13.6. The second-order valence-electron chi connectivity index (χ2n) is 3.18. The van der Waals surface area contributed by atoms with Crippen LogP contribution in [0, 0.1) is 0 Å². The minimum atomic E-state index is -2.98. The number of alkyl halides is 2. The number of rotatable bonds is 3. The van der Waals surface area contributed by atoms with Gasteiger partial charge in [-0.3, -0.25) is 0 Å². The second-order valence-corrected chi connectivity index (χ2v) is 3.18. The van der Waals surface area contributed by atoms with Gasteiger partial charge in [0.1, 0.15) is 5.75 Å². The molecule has 0 aliphatic heterocycles. The first-order valence-electron chi connectivity index (χ1n) is 4.33. The van der Waals surface area contributed by atoms with Crippen LogP contribution in [0.4, 0.5) is 8.78 Å². The first-order chi connectivity index (χ1) is 6.48. The minimum absolute atomic E-state index is 0.148. The molecular weight excluding hydrogens is 188 g/mol. The van der Waals surface area contributed by atoms with E-state index in [4.69, 9.17) is 5.11 Å². The van der Waals surface area contributed by atoms with Gasteiger partial charge in [0.2, 0.25) is 0 Å². The Hall–Kier alpha value is -1.16. The van der Waals surface area contributed by atoms with E-state index in [-0.39, 0.29) is 11.3 Å². The average molecular weight is 201 g/mol. The fraction of sp³-hybridized carbons (Fsp3) is 0.400. The number of hydrogen-bond acceptors (Lipinski definition) is 2. The van der Waals surface area contributed by atoms with Crippen molar-refractivity contribution in [2.24, 2.45) is 0 Å². The van der Waals surface area contributed by atoms with Crippen molar-refractivity contribution < 1.29 is 13.9 Å². The normalized spacial score (nSPS) is 14.0. The van der Waals surface area contributed by atoms with Crippen LogP contribution in [-0.4, -0.2) is 18.2 Å². The highest BCUT2D eigenvalue weighted by Crippen LogP contribution is 2.32. The van der Waals surface area contributed by atoms with E-state index in [0.717, 1.165) is 6.07 Å². The SMILES string of the molecule is CNC(C)C(F)(F)c1cccc(O)c1. The van der Waals surface area contributed by atoms with Gasteiger partial charge in [0.05, 0.1) is 6.04 Å². The predicted octanol–water partition coefficient (Wildman–Crippen LogP) is 2.09. The lowest BCUT2D eigenvalue weighted by atomic mass is 10.0.